The number of para-hydroxylation sites is 1. The van der Waals surface area contributed by atoms with E-state index < -0.39 is 0 Å². The lowest BCUT2D eigenvalue weighted by Crippen LogP contribution is -2.31. The monoisotopic (exact) mass is 432 g/mol. The van der Waals surface area contributed by atoms with Crippen molar-refractivity contribution in [2.45, 2.75) is 34.2 Å². The van der Waals surface area contributed by atoms with Crippen LogP contribution < -0.4 is 4.74 Å². The molecule has 5 heteroatoms. The number of hydrogen-bond donors (Lipinski definition) is 1. The highest BCUT2D eigenvalue weighted by Gasteiger charge is 2.32. The largest absolute Gasteiger partial charge is 0.507 e. The lowest BCUT2D eigenvalue weighted by atomic mass is 10.0. The van der Waals surface area contributed by atoms with Gasteiger partial charge in [-0.3, -0.25) is 9.69 Å². The molecule has 0 amide bonds. The van der Waals surface area contributed by atoms with E-state index in [4.69, 9.17) is 4.74 Å². The van der Waals surface area contributed by atoms with Crippen LogP contribution in [0.2, 0.25) is 0 Å². The van der Waals surface area contributed by atoms with E-state index in [1.807, 2.05) is 42.1 Å². The number of nitrogens with zero attached hydrogens (tertiary/aromatic N) is 2. The summed E-state index contributed by atoms with van der Waals surface area (Å²) in [5.74, 6) is 1.80. The number of ether oxygens (including phenoxy) is 1. The van der Waals surface area contributed by atoms with Gasteiger partial charge in [0.2, 0.25) is 5.78 Å². The number of carbonyl (C=O) groups is 1. The normalized spacial score (nSPS) is 14.9. The molecule has 1 aromatic heterocycles. The number of aromatic hydroxyl groups is 1. The van der Waals surface area contributed by atoms with E-state index in [-0.39, 0.29) is 11.5 Å². The highest BCUT2D eigenvalue weighted by Crippen LogP contribution is 2.40. The summed E-state index contributed by atoms with van der Waals surface area (Å²) in [6.07, 6.45) is 3.81. The Morgan fingerprint density at radius 2 is 1.75 bits per heavy atom. The van der Waals surface area contributed by atoms with Gasteiger partial charge in [-0.25, -0.2) is 0 Å². The number of ketones is 1. The molecule has 0 aliphatic carbocycles. The summed E-state index contributed by atoms with van der Waals surface area (Å²) in [4.78, 5) is 15.5. The second-order valence-electron chi connectivity index (χ2n) is 9.57. The first-order valence-electron chi connectivity index (χ1n) is 11.3. The Balaban J connectivity index is 1.70. The number of carbonyl (C=O) groups excluding carboxylic acids is 1. The number of phenols is 1. The van der Waals surface area contributed by atoms with Gasteiger partial charge in [0.25, 0.3) is 0 Å². The Bertz CT molecular complexity index is 1180. The Hall–Kier alpha value is -3.05. The predicted octanol–water partition coefficient (Wildman–Crippen LogP) is 5.61. The zero-order chi connectivity index (χ0) is 23.0. The van der Waals surface area contributed by atoms with Crippen molar-refractivity contribution >= 4 is 22.8 Å². The van der Waals surface area contributed by atoms with Gasteiger partial charge in [-0.1, -0.05) is 45.9 Å². The van der Waals surface area contributed by atoms with E-state index in [0.717, 1.165) is 29.6 Å². The molecular weight excluding hydrogens is 400 g/mol. The fourth-order valence-corrected chi connectivity index (χ4v) is 4.54. The van der Waals surface area contributed by atoms with Gasteiger partial charge in [0, 0.05) is 49.3 Å². The van der Waals surface area contributed by atoms with Crippen molar-refractivity contribution < 1.29 is 14.6 Å². The molecule has 4 rings (SSSR count). The molecule has 32 heavy (non-hydrogen) atoms. The molecule has 3 aromatic rings. The van der Waals surface area contributed by atoms with Crippen LogP contribution in [-0.2, 0) is 13.6 Å². The summed E-state index contributed by atoms with van der Waals surface area (Å²) < 4.78 is 8.16. The van der Waals surface area contributed by atoms with E-state index in [9.17, 15) is 9.90 Å². The van der Waals surface area contributed by atoms with Gasteiger partial charge in [0.05, 0.1) is 11.1 Å². The topological polar surface area (TPSA) is 54.7 Å². The van der Waals surface area contributed by atoms with Crippen LogP contribution in [0.1, 0.15) is 49.2 Å². The SMILES string of the molecule is CC(C)CN(Cc1c(O)ccc2c1O/C(=C/c1cn(C)c3ccccc13)C2=O)CC(C)C. The van der Waals surface area contributed by atoms with Gasteiger partial charge in [-0.15, -0.1) is 0 Å². The van der Waals surface area contributed by atoms with Crippen LogP contribution in [0.5, 0.6) is 11.5 Å². The molecule has 0 fully saturated rings. The molecule has 0 unspecified atom stereocenters. The third-order valence-corrected chi connectivity index (χ3v) is 5.76. The van der Waals surface area contributed by atoms with Gasteiger partial charge in [-0.05, 0) is 36.1 Å². The summed E-state index contributed by atoms with van der Waals surface area (Å²) in [5.41, 5.74) is 3.22. The maximum atomic E-state index is 13.2. The molecule has 1 N–H and O–H groups in total. The number of fused-ring (bicyclic) bond motifs is 2. The van der Waals surface area contributed by atoms with Crippen LogP contribution in [-0.4, -0.2) is 33.4 Å². The number of phenolic OH excluding ortho intramolecular Hbond substituents is 1. The maximum absolute atomic E-state index is 13.2. The minimum absolute atomic E-state index is 0.145. The van der Waals surface area contributed by atoms with E-state index >= 15 is 0 Å². The molecule has 0 radical (unpaired) electrons. The molecule has 2 heterocycles. The molecule has 5 nitrogen and oxygen atoms in total. The van der Waals surface area contributed by atoms with Crippen molar-refractivity contribution in [3.63, 3.8) is 0 Å². The van der Waals surface area contributed by atoms with Gasteiger partial charge < -0.3 is 14.4 Å². The first-order valence-corrected chi connectivity index (χ1v) is 11.3. The number of hydrogen-bond acceptors (Lipinski definition) is 4. The molecule has 1 aliphatic heterocycles. The number of benzene rings is 2. The molecule has 0 spiro atoms. The number of aryl methyl sites for hydroxylation is 1. The Morgan fingerprint density at radius 3 is 2.44 bits per heavy atom. The lowest BCUT2D eigenvalue weighted by Gasteiger charge is -2.27. The first-order chi connectivity index (χ1) is 15.2. The van der Waals surface area contributed by atoms with Crippen molar-refractivity contribution in [1.82, 2.24) is 9.47 Å². The minimum atomic E-state index is -0.145. The third kappa shape index (κ3) is 4.30. The van der Waals surface area contributed by atoms with Crippen LogP contribution >= 0.6 is 0 Å². The smallest absolute Gasteiger partial charge is 0.231 e. The summed E-state index contributed by atoms with van der Waals surface area (Å²) >= 11 is 0. The van der Waals surface area contributed by atoms with Crippen LogP contribution in [0.15, 0.2) is 48.4 Å². The lowest BCUT2D eigenvalue weighted by molar-refractivity contribution is 0.101. The van der Waals surface area contributed by atoms with Gasteiger partial charge in [-0.2, -0.15) is 0 Å². The number of allylic oxidation sites excluding steroid dienone is 1. The fourth-order valence-electron chi connectivity index (χ4n) is 4.54. The van der Waals surface area contributed by atoms with Crippen molar-refractivity contribution in [1.29, 1.82) is 0 Å². The van der Waals surface area contributed by atoms with Crippen LogP contribution in [0.25, 0.3) is 17.0 Å². The molecule has 168 valence electrons. The van der Waals surface area contributed by atoms with Gasteiger partial charge >= 0.3 is 0 Å². The molecule has 2 aromatic carbocycles. The highest BCUT2D eigenvalue weighted by atomic mass is 16.5. The van der Waals surface area contributed by atoms with Crippen molar-refractivity contribution in [2.75, 3.05) is 13.1 Å². The van der Waals surface area contributed by atoms with E-state index in [1.165, 1.54) is 0 Å². The van der Waals surface area contributed by atoms with E-state index in [1.54, 1.807) is 12.1 Å². The summed E-state index contributed by atoms with van der Waals surface area (Å²) in [5, 5.41) is 11.7. The van der Waals surface area contributed by atoms with Crippen LogP contribution in [0, 0.1) is 11.8 Å². The standard InChI is InChI=1S/C27H32N2O3/c1-17(2)13-29(14-18(3)4)16-22-24(30)11-10-21-26(31)25(32-27(21)22)12-19-15-28(5)23-9-7-6-8-20(19)23/h6-12,15,17-18,30H,13-14,16H2,1-5H3/b25-12+. The van der Waals surface area contributed by atoms with Crippen molar-refractivity contribution in [3.05, 3.63) is 65.0 Å². The van der Waals surface area contributed by atoms with Crippen LogP contribution in [0.4, 0.5) is 0 Å². The molecule has 0 bridgehead atoms. The molecular formula is C27H32N2O3. The molecule has 0 saturated heterocycles. The quantitative estimate of drug-likeness (QED) is 0.493. The average Bonchev–Trinajstić information content (AvgIpc) is 3.21. The second kappa shape index (κ2) is 8.83. The minimum Gasteiger partial charge on any atom is -0.507 e. The van der Waals surface area contributed by atoms with Gasteiger partial charge in [0.1, 0.15) is 11.5 Å². The highest BCUT2D eigenvalue weighted by molar-refractivity contribution is 6.15. The zero-order valence-electron chi connectivity index (χ0n) is 19.6. The van der Waals surface area contributed by atoms with Crippen molar-refractivity contribution in [2.24, 2.45) is 18.9 Å². The third-order valence-electron chi connectivity index (χ3n) is 5.76. The van der Waals surface area contributed by atoms with Crippen LogP contribution in [0.3, 0.4) is 0 Å². The maximum Gasteiger partial charge on any atom is 0.231 e. The number of aromatic nitrogens is 1. The number of rotatable bonds is 7. The van der Waals surface area contributed by atoms with E-state index in [2.05, 4.69) is 38.7 Å². The summed E-state index contributed by atoms with van der Waals surface area (Å²) in [6.45, 7) is 11.1. The Kier molecular flexibility index (Phi) is 6.11. The summed E-state index contributed by atoms with van der Waals surface area (Å²) in [7, 11) is 1.99. The van der Waals surface area contributed by atoms with Gasteiger partial charge in [0.15, 0.2) is 5.76 Å². The predicted molar refractivity (Wildman–Crippen MR) is 129 cm³/mol. The van der Waals surface area contributed by atoms with Crippen molar-refractivity contribution in [3.8, 4) is 11.5 Å². The zero-order valence-corrected chi connectivity index (χ0v) is 19.6. The Morgan fingerprint density at radius 1 is 1.06 bits per heavy atom. The van der Waals surface area contributed by atoms with E-state index in [0.29, 0.717) is 41.0 Å². The number of Topliss-reactive ketones (excluding diaryl/α,β-unsaturated/α-hetero) is 1. The molecule has 1 aliphatic rings. The fraction of sp³-hybridized carbons (Fsp3) is 0.370. The Labute approximate surface area is 189 Å². The first kappa shape index (κ1) is 22.2. The molecule has 0 atom stereocenters. The second-order valence-corrected chi connectivity index (χ2v) is 9.57. The average molecular weight is 433 g/mol. The molecule has 0 saturated carbocycles. The summed E-state index contributed by atoms with van der Waals surface area (Å²) in [6, 6.07) is 11.4.